The zero-order chi connectivity index (χ0) is 11.3. The summed E-state index contributed by atoms with van der Waals surface area (Å²) in [5.41, 5.74) is 6.12. The van der Waals surface area contributed by atoms with Gasteiger partial charge in [0.2, 0.25) is 0 Å². The lowest BCUT2D eigenvalue weighted by molar-refractivity contribution is -0.133. The van der Waals surface area contributed by atoms with Gasteiger partial charge in [-0.2, -0.15) is 0 Å². The minimum absolute atomic E-state index is 0.135. The van der Waals surface area contributed by atoms with E-state index in [1.807, 2.05) is 0 Å². The summed E-state index contributed by atoms with van der Waals surface area (Å²) in [5, 5.41) is 0. The monoisotopic (exact) mass is 207 g/mol. The van der Waals surface area contributed by atoms with Crippen molar-refractivity contribution in [1.82, 2.24) is 0 Å². The van der Waals surface area contributed by atoms with Crippen molar-refractivity contribution in [3.8, 4) is 11.8 Å². The molecule has 0 atom stereocenters. The number of benzene rings is 1. The Labute approximate surface area is 87.0 Å². The van der Waals surface area contributed by atoms with E-state index in [0.29, 0.717) is 11.1 Å². The van der Waals surface area contributed by atoms with Crippen LogP contribution < -0.4 is 5.73 Å². The van der Waals surface area contributed by atoms with Gasteiger partial charge in [0.05, 0.1) is 7.11 Å². The highest BCUT2D eigenvalue weighted by atomic mass is 19.1. The molecule has 0 heterocycles. The molecule has 4 heteroatoms. The van der Waals surface area contributed by atoms with Crippen molar-refractivity contribution >= 4 is 5.97 Å². The minimum atomic E-state index is -0.654. The van der Waals surface area contributed by atoms with Gasteiger partial charge in [0.25, 0.3) is 0 Å². The second-order valence-corrected chi connectivity index (χ2v) is 2.75. The van der Waals surface area contributed by atoms with Gasteiger partial charge in [-0.15, -0.1) is 0 Å². The fourth-order valence-corrected chi connectivity index (χ4v) is 0.965. The van der Waals surface area contributed by atoms with Crippen LogP contribution in [0.1, 0.15) is 11.1 Å². The average Bonchev–Trinajstić information content (AvgIpc) is 2.26. The van der Waals surface area contributed by atoms with Gasteiger partial charge in [-0.1, -0.05) is 12.0 Å². The normalized spacial score (nSPS) is 9.00. The molecule has 78 valence electrons. The number of rotatable bonds is 1. The summed E-state index contributed by atoms with van der Waals surface area (Å²) in [6, 6.07) is 4.37. The van der Waals surface area contributed by atoms with Crippen LogP contribution in [0, 0.1) is 17.7 Å². The molecule has 3 nitrogen and oxygen atoms in total. The second kappa shape index (κ2) is 5.13. The van der Waals surface area contributed by atoms with Crippen LogP contribution >= 0.6 is 0 Å². The zero-order valence-electron chi connectivity index (χ0n) is 8.21. The van der Waals surface area contributed by atoms with E-state index in [4.69, 9.17) is 5.73 Å². The van der Waals surface area contributed by atoms with Crippen molar-refractivity contribution in [3.05, 3.63) is 35.1 Å². The predicted molar refractivity (Wildman–Crippen MR) is 53.2 cm³/mol. The summed E-state index contributed by atoms with van der Waals surface area (Å²) in [6.07, 6.45) is 0. The van der Waals surface area contributed by atoms with Gasteiger partial charge in [0, 0.05) is 23.6 Å². The van der Waals surface area contributed by atoms with Crippen LogP contribution in [-0.2, 0) is 16.1 Å². The lowest BCUT2D eigenvalue weighted by atomic mass is 10.1. The highest BCUT2D eigenvalue weighted by Gasteiger charge is 2.00. The van der Waals surface area contributed by atoms with Gasteiger partial charge >= 0.3 is 5.97 Å². The third kappa shape index (κ3) is 3.08. The number of nitrogens with two attached hydrogens (primary N) is 1. The number of hydrogen-bond acceptors (Lipinski definition) is 3. The molecule has 0 unspecified atom stereocenters. The van der Waals surface area contributed by atoms with Crippen LogP contribution in [-0.4, -0.2) is 13.1 Å². The van der Waals surface area contributed by atoms with Gasteiger partial charge in [-0.25, -0.2) is 9.18 Å². The summed E-state index contributed by atoms with van der Waals surface area (Å²) in [7, 11) is 1.23. The summed E-state index contributed by atoms with van der Waals surface area (Å²) in [6.45, 7) is 0.135. The minimum Gasteiger partial charge on any atom is -0.459 e. The number of ether oxygens (including phenoxy) is 1. The Morgan fingerprint density at radius 1 is 1.60 bits per heavy atom. The Bertz CT molecular complexity index is 432. The maximum Gasteiger partial charge on any atom is 0.384 e. The quantitative estimate of drug-likeness (QED) is 0.547. The zero-order valence-corrected chi connectivity index (χ0v) is 8.21. The lowest BCUT2D eigenvalue weighted by Crippen LogP contribution is -2.00. The first-order valence-electron chi connectivity index (χ1n) is 4.26. The summed E-state index contributed by atoms with van der Waals surface area (Å²) >= 11 is 0. The second-order valence-electron chi connectivity index (χ2n) is 2.75. The highest BCUT2D eigenvalue weighted by molar-refractivity contribution is 5.88. The molecule has 0 spiro atoms. The molecule has 0 fully saturated rings. The SMILES string of the molecule is COC(=O)C#Cc1ccc(CN)c(F)c1. The van der Waals surface area contributed by atoms with E-state index in [1.165, 1.54) is 19.2 Å². The van der Waals surface area contributed by atoms with Crippen LogP contribution in [0.25, 0.3) is 0 Å². The Kier molecular flexibility index (Phi) is 3.83. The molecule has 0 saturated carbocycles. The first kappa shape index (κ1) is 11.2. The fraction of sp³-hybridized carbons (Fsp3) is 0.182. The number of halogens is 1. The Balaban J connectivity index is 2.92. The lowest BCUT2D eigenvalue weighted by Gasteiger charge is -1.98. The summed E-state index contributed by atoms with van der Waals surface area (Å²) < 4.78 is 17.5. The van der Waals surface area contributed by atoms with Crippen molar-refractivity contribution in [2.45, 2.75) is 6.54 Å². The molecule has 1 aromatic rings. The third-order valence-electron chi connectivity index (χ3n) is 1.77. The van der Waals surface area contributed by atoms with Gasteiger partial charge < -0.3 is 10.5 Å². The Hall–Kier alpha value is -1.86. The van der Waals surface area contributed by atoms with E-state index in [0.717, 1.165) is 0 Å². The molecule has 0 bridgehead atoms. The van der Waals surface area contributed by atoms with E-state index in [-0.39, 0.29) is 6.54 Å². The Morgan fingerprint density at radius 2 is 2.33 bits per heavy atom. The number of esters is 1. The molecular weight excluding hydrogens is 197 g/mol. The van der Waals surface area contributed by atoms with Crippen LogP contribution in [0.5, 0.6) is 0 Å². The van der Waals surface area contributed by atoms with E-state index < -0.39 is 11.8 Å². The molecule has 0 aliphatic heterocycles. The third-order valence-corrected chi connectivity index (χ3v) is 1.77. The molecule has 1 rings (SSSR count). The van der Waals surface area contributed by atoms with Crippen molar-refractivity contribution in [2.75, 3.05) is 7.11 Å². The van der Waals surface area contributed by atoms with Crippen LogP contribution in [0.4, 0.5) is 4.39 Å². The van der Waals surface area contributed by atoms with Crippen LogP contribution in [0.2, 0.25) is 0 Å². The summed E-state index contributed by atoms with van der Waals surface area (Å²) in [4.78, 5) is 10.7. The van der Waals surface area contributed by atoms with Crippen molar-refractivity contribution < 1.29 is 13.9 Å². The molecule has 0 aliphatic rings. The van der Waals surface area contributed by atoms with Gasteiger partial charge in [-0.3, -0.25) is 0 Å². The van der Waals surface area contributed by atoms with Gasteiger partial charge in [-0.05, 0) is 12.1 Å². The van der Waals surface area contributed by atoms with Crippen molar-refractivity contribution in [1.29, 1.82) is 0 Å². The maximum absolute atomic E-state index is 13.2. The molecule has 0 aromatic heterocycles. The number of hydrogen-bond donors (Lipinski definition) is 1. The smallest absolute Gasteiger partial charge is 0.384 e. The molecule has 0 amide bonds. The van der Waals surface area contributed by atoms with Crippen molar-refractivity contribution in [3.63, 3.8) is 0 Å². The topological polar surface area (TPSA) is 52.3 Å². The first-order valence-corrected chi connectivity index (χ1v) is 4.26. The van der Waals surface area contributed by atoms with Crippen LogP contribution in [0.15, 0.2) is 18.2 Å². The van der Waals surface area contributed by atoms with Crippen LogP contribution in [0.3, 0.4) is 0 Å². The average molecular weight is 207 g/mol. The van der Waals surface area contributed by atoms with E-state index in [9.17, 15) is 9.18 Å². The van der Waals surface area contributed by atoms with E-state index >= 15 is 0 Å². The summed E-state index contributed by atoms with van der Waals surface area (Å²) in [5.74, 6) is 3.61. The number of carbonyl (C=O) groups excluding carboxylic acids is 1. The van der Waals surface area contributed by atoms with E-state index in [2.05, 4.69) is 16.6 Å². The molecule has 2 N–H and O–H groups in total. The molecule has 1 aromatic carbocycles. The number of carbonyl (C=O) groups is 1. The van der Waals surface area contributed by atoms with Gasteiger partial charge in [0.15, 0.2) is 0 Å². The number of methoxy groups -OCH3 is 1. The molecule has 0 radical (unpaired) electrons. The largest absolute Gasteiger partial charge is 0.459 e. The fourth-order valence-electron chi connectivity index (χ4n) is 0.965. The van der Waals surface area contributed by atoms with Gasteiger partial charge in [0.1, 0.15) is 5.82 Å². The maximum atomic E-state index is 13.2. The highest BCUT2D eigenvalue weighted by Crippen LogP contribution is 2.08. The molecule has 0 saturated heterocycles. The van der Waals surface area contributed by atoms with E-state index in [1.54, 1.807) is 6.07 Å². The molecular formula is C11H10FNO2. The predicted octanol–water partition coefficient (Wildman–Crippen LogP) is 0.809. The standard InChI is InChI=1S/C11H10FNO2/c1-15-11(14)5-3-8-2-4-9(7-13)10(12)6-8/h2,4,6H,7,13H2,1H3. The van der Waals surface area contributed by atoms with Crippen molar-refractivity contribution in [2.24, 2.45) is 5.73 Å². The molecule has 0 aliphatic carbocycles. The first-order chi connectivity index (χ1) is 7.17. The Morgan fingerprint density at radius 3 is 2.87 bits per heavy atom. The molecule has 15 heavy (non-hydrogen) atoms.